The molecular weight excluding hydrogens is 208 g/mol. The zero-order valence-corrected chi connectivity index (χ0v) is 12.3. The van der Waals surface area contributed by atoms with Crippen LogP contribution in [0.15, 0.2) is 0 Å². The van der Waals surface area contributed by atoms with Gasteiger partial charge in [-0.05, 0) is 44.1 Å². The second-order valence-electron chi connectivity index (χ2n) is 6.19. The number of nitrogens with two attached hydrogens (primary N) is 1. The molecule has 1 fully saturated rings. The van der Waals surface area contributed by atoms with Gasteiger partial charge in [0.25, 0.3) is 0 Å². The lowest BCUT2D eigenvalue weighted by Crippen LogP contribution is -2.57. The second-order valence-corrected chi connectivity index (χ2v) is 6.19. The van der Waals surface area contributed by atoms with E-state index < -0.39 is 0 Å². The predicted molar refractivity (Wildman–Crippen MR) is 76.1 cm³/mol. The van der Waals surface area contributed by atoms with Crippen molar-refractivity contribution >= 4 is 0 Å². The molecule has 3 atom stereocenters. The van der Waals surface area contributed by atoms with E-state index in [4.69, 9.17) is 5.73 Å². The van der Waals surface area contributed by atoms with Crippen LogP contribution < -0.4 is 5.73 Å². The Hall–Kier alpha value is -0.0800. The molecule has 1 rings (SSSR count). The Kier molecular flexibility index (Phi) is 5.94. The van der Waals surface area contributed by atoms with Gasteiger partial charge < -0.3 is 5.73 Å². The zero-order chi connectivity index (χ0) is 12.9. The molecular formula is C15H32N2. The van der Waals surface area contributed by atoms with E-state index in [2.05, 4.69) is 32.6 Å². The summed E-state index contributed by atoms with van der Waals surface area (Å²) in [4.78, 5) is 2.70. The van der Waals surface area contributed by atoms with Crippen LogP contribution in [0.3, 0.4) is 0 Å². The van der Waals surface area contributed by atoms with Crippen LogP contribution in [-0.2, 0) is 0 Å². The van der Waals surface area contributed by atoms with Crippen LogP contribution in [0.4, 0.5) is 0 Å². The smallest absolute Gasteiger partial charge is 0.0331 e. The molecule has 0 bridgehead atoms. The minimum absolute atomic E-state index is 0.268. The molecule has 2 nitrogen and oxygen atoms in total. The summed E-state index contributed by atoms with van der Waals surface area (Å²) in [6.45, 7) is 12.7. The Morgan fingerprint density at radius 3 is 2.59 bits per heavy atom. The molecule has 1 aliphatic heterocycles. The number of piperidine rings is 1. The first-order valence-electron chi connectivity index (χ1n) is 7.53. The fourth-order valence-electron chi connectivity index (χ4n) is 3.27. The van der Waals surface area contributed by atoms with E-state index in [0.29, 0.717) is 0 Å². The lowest BCUT2D eigenvalue weighted by atomic mass is 9.81. The van der Waals surface area contributed by atoms with Crippen LogP contribution in [0.25, 0.3) is 0 Å². The molecule has 0 aromatic carbocycles. The van der Waals surface area contributed by atoms with E-state index in [1.807, 2.05) is 0 Å². The fourth-order valence-corrected chi connectivity index (χ4v) is 3.27. The lowest BCUT2D eigenvalue weighted by Gasteiger charge is -2.47. The van der Waals surface area contributed by atoms with E-state index in [0.717, 1.165) is 18.4 Å². The van der Waals surface area contributed by atoms with Gasteiger partial charge in [0.1, 0.15) is 0 Å². The van der Waals surface area contributed by atoms with Crippen molar-refractivity contribution in [3.05, 3.63) is 0 Å². The highest BCUT2D eigenvalue weighted by atomic mass is 15.2. The Labute approximate surface area is 108 Å². The van der Waals surface area contributed by atoms with Gasteiger partial charge in [0, 0.05) is 18.6 Å². The maximum atomic E-state index is 6.16. The summed E-state index contributed by atoms with van der Waals surface area (Å²) < 4.78 is 0. The van der Waals surface area contributed by atoms with Crippen molar-refractivity contribution in [1.29, 1.82) is 0 Å². The average molecular weight is 240 g/mol. The maximum Gasteiger partial charge on any atom is 0.0331 e. The van der Waals surface area contributed by atoms with Gasteiger partial charge in [0.2, 0.25) is 0 Å². The molecule has 1 heterocycles. The molecule has 102 valence electrons. The number of hydrogen-bond acceptors (Lipinski definition) is 2. The molecule has 2 heteroatoms. The Morgan fingerprint density at radius 2 is 2.12 bits per heavy atom. The van der Waals surface area contributed by atoms with Gasteiger partial charge in [-0.1, -0.05) is 34.1 Å². The highest BCUT2D eigenvalue weighted by Gasteiger charge is 2.36. The summed E-state index contributed by atoms with van der Waals surface area (Å²) in [5.41, 5.74) is 6.42. The summed E-state index contributed by atoms with van der Waals surface area (Å²) in [7, 11) is 0. The highest BCUT2D eigenvalue weighted by molar-refractivity contribution is 4.93. The molecule has 0 aromatic rings. The molecule has 0 amide bonds. The predicted octanol–water partition coefficient (Wildman–Crippen LogP) is 3.26. The van der Waals surface area contributed by atoms with Gasteiger partial charge in [0.05, 0.1) is 0 Å². The molecule has 2 N–H and O–H groups in total. The van der Waals surface area contributed by atoms with E-state index in [1.54, 1.807) is 0 Å². The molecule has 0 aliphatic carbocycles. The highest BCUT2D eigenvalue weighted by Crippen LogP contribution is 2.32. The first kappa shape index (κ1) is 15.0. The van der Waals surface area contributed by atoms with Gasteiger partial charge >= 0.3 is 0 Å². The summed E-state index contributed by atoms with van der Waals surface area (Å²) in [6.07, 6.45) is 6.47. The number of hydrogen-bond donors (Lipinski definition) is 1. The van der Waals surface area contributed by atoms with Gasteiger partial charge in [0.15, 0.2) is 0 Å². The lowest BCUT2D eigenvalue weighted by molar-refractivity contribution is 0.0305. The van der Waals surface area contributed by atoms with Gasteiger partial charge in [-0.2, -0.15) is 0 Å². The largest absolute Gasteiger partial charge is 0.329 e. The van der Waals surface area contributed by atoms with Crippen molar-refractivity contribution in [3.8, 4) is 0 Å². The van der Waals surface area contributed by atoms with Crippen molar-refractivity contribution < 1.29 is 0 Å². The van der Waals surface area contributed by atoms with Gasteiger partial charge in [-0.25, -0.2) is 0 Å². The second kappa shape index (κ2) is 6.75. The number of likely N-dealkylation sites (tertiary alicyclic amines) is 1. The molecule has 0 spiro atoms. The van der Waals surface area contributed by atoms with E-state index >= 15 is 0 Å². The molecule has 3 unspecified atom stereocenters. The topological polar surface area (TPSA) is 29.3 Å². The fraction of sp³-hybridized carbons (Fsp3) is 1.00. The van der Waals surface area contributed by atoms with Crippen LogP contribution in [0, 0.1) is 11.8 Å². The Morgan fingerprint density at radius 1 is 1.41 bits per heavy atom. The summed E-state index contributed by atoms with van der Waals surface area (Å²) >= 11 is 0. The third-order valence-corrected chi connectivity index (χ3v) is 4.79. The van der Waals surface area contributed by atoms with Crippen molar-refractivity contribution in [3.63, 3.8) is 0 Å². The van der Waals surface area contributed by atoms with Gasteiger partial charge in [-0.3, -0.25) is 4.90 Å². The van der Waals surface area contributed by atoms with E-state index in [1.165, 1.54) is 45.2 Å². The Balaban J connectivity index is 2.74. The molecule has 0 saturated carbocycles. The van der Waals surface area contributed by atoms with Crippen molar-refractivity contribution in [2.24, 2.45) is 17.6 Å². The van der Waals surface area contributed by atoms with Crippen LogP contribution in [0.5, 0.6) is 0 Å². The minimum atomic E-state index is 0.268. The van der Waals surface area contributed by atoms with Crippen LogP contribution in [-0.4, -0.2) is 30.1 Å². The van der Waals surface area contributed by atoms with Crippen molar-refractivity contribution in [2.45, 2.75) is 65.3 Å². The summed E-state index contributed by atoms with van der Waals surface area (Å²) in [5, 5.41) is 0. The Bertz CT molecular complexity index is 211. The van der Waals surface area contributed by atoms with Crippen molar-refractivity contribution in [2.75, 3.05) is 19.6 Å². The summed E-state index contributed by atoms with van der Waals surface area (Å²) in [6, 6.07) is 0. The monoisotopic (exact) mass is 240 g/mol. The van der Waals surface area contributed by atoms with E-state index in [-0.39, 0.29) is 5.54 Å². The zero-order valence-electron chi connectivity index (χ0n) is 12.3. The maximum absolute atomic E-state index is 6.16. The molecule has 0 radical (unpaired) electrons. The number of nitrogens with zero attached hydrogens (tertiary/aromatic N) is 1. The average Bonchev–Trinajstić information content (AvgIpc) is 2.35. The summed E-state index contributed by atoms with van der Waals surface area (Å²) in [5.74, 6) is 1.63. The molecule has 0 aromatic heterocycles. The van der Waals surface area contributed by atoms with Gasteiger partial charge in [-0.15, -0.1) is 0 Å². The van der Waals surface area contributed by atoms with Crippen LogP contribution in [0.2, 0.25) is 0 Å². The van der Waals surface area contributed by atoms with Crippen molar-refractivity contribution in [1.82, 2.24) is 4.90 Å². The first-order chi connectivity index (χ1) is 8.07. The van der Waals surface area contributed by atoms with Crippen LogP contribution >= 0.6 is 0 Å². The molecule has 17 heavy (non-hydrogen) atoms. The number of rotatable bonds is 6. The standard InChI is InChI=1S/C15H32N2/c1-5-13(3)10-15(6-2,12-16)17-9-7-8-14(4)11-17/h13-14H,5-12,16H2,1-4H3. The van der Waals surface area contributed by atoms with Crippen LogP contribution in [0.1, 0.15) is 59.8 Å². The molecule has 1 aliphatic rings. The third-order valence-electron chi connectivity index (χ3n) is 4.79. The minimum Gasteiger partial charge on any atom is -0.329 e. The normalized spacial score (nSPS) is 27.7. The van der Waals surface area contributed by atoms with E-state index in [9.17, 15) is 0 Å². The quantitative estimate of drug-likeness (QED) is 0.772. The SMILES string of the molecule is CCC(C)CC(CC)(CN)N1CCCC(C)C1. The third kappa shape index (κ3) is 3.69. The molecule has 1 saturated heterocycles. The first-order valence-corrected chi connectivity index (χ1v) is 7.53.